The molecular formula is C19H37NO. The largest absolute Gasteiger partial charge is 0.391 e. The Morgan fingerprint density at radius 2 is 1.33 bits per heavy atom. The molecule has 0 saturated heterocycles. The van der Waals surface area contributed by atoms with Gasteiger partial charge in [0.05, 0.1) is 6.10 Å². The lowest BCUT2D eigenvalue weighted by Crippen LogP contribution is -2.46. The molecule has 2 unspecified atom stereocenters. The highest BCUT2D eigenvalue weighted by molar-refractivity contribution is 4.92. The summed E-state index contributed by atoms with van der Waals surface area (Å²) in [6.07, 6.45) is 15.7. The van der Waals surface area contributed by atoms with Crippen molar-refractivity contribution >= 4 is 0 Å². The summed E-state index contributed by atoms with van der Waals surface area (Å²) in [4.78, 5) is 2.68. The average Bonchev–Trinajstić information content (AvgIpc) is 3.25. The Labute approximate surface area is 132 Å². The molecule has 0 aromatic heterocycles. The average molecular weight is 296 g/mol. The Kier molecular flexibility index (Phi) is 7.53. The van der Waals surface area contributed by atoms with E-state index in [2.05, 4.69) is 18.7 Å². The number of aliphatic hydroxyl groups excluding tert-OH is 1. The predicted molar refractivity (Wildman–Crippen MR) is 90.5 cm³/mol. The van der Waals surface area contributed by atoms with Gasteiger partial charge in [0.25, 0.3) is 0 Å². The van der Waals surface area contributed by atoms with E-state index >= 15 is 0 Å². The molecule has 124 valence electrons. The minimum absolute atomic E-state index is 0.0937. The van der Waals surface area contributed by atoms with Gasteiger partial charge in [-0.1, -0.05) is 65.2 Å². The van der Waals surface area contributed by atoms with E-state index in [0.29, 0.717) is 12.0 Å². The van der Waals surface area contributed by atoms with Crippen LogP contribution in [0.5, 0.6) is 0 Å². The van der Waals surface area contributed by atoms with Crippen molar-refractivity contribution in [2.24, 2.45) is 5.92 Å². The molecule has 2 aliphatic carbocycles. The summed E-state index contributed by atoms with van der Waals surface area (Å²) in [5, 5.41) is 10.8. The van der Waals surface area contributed by atoms with Crippen molar-refractivity contribution in [1.29, 1.82) is 0 Å². The molecule has 2 heteroatoms. The van der Waals surface area contributed by atoms with Gasteiger partial charge in [-0.2, -0.15) is 0 Å². The van der Waals surface area contributed by atoms with Crippen LogP contribution in [0, 0.1) is 5.92 Å². The van der Waals surface area contributed by atoms with Crippen molar-refractivity contribution in [2.75, 3.05) is 6.54 Å². The van der Waals surface area contributed by atoms with Crippen molar-refractivity contribution in [3.05, 3.63) is 0 Å². The van der Waals surface area contributed by atoms with Crippen molar-refractivity contribution in [2.45, 2.75) is 109 Å². The number of hydrogen-bond acceptors (Lipinski definition) is 2. The molecule has 0 radical (unpaired) electrons. The highest BCUT2D eigenvalue weighted by Gasteiger charge is 2.36. The Morgan fingerprint density at radius 3 is 1.86 bits per heavy atom. The molecular weight excluding hydrogens is 258 g/mol. The van der Waals surface area contributed by atoms with Crippen LogP contribution in [0.15, 0.2) is 0 Å². The van der Waals surface area contributed by atoms with Gasteiger partial charge in [-0.25, -0.2) is 0 Å². The summed E-state index contributed by atoms with van der Waals surface area (Å²) in [6.45, 7) is 5.81. The predicted octanol–water partition coefficient (Wildman–Crippen LogP) is 4.75. The molecule has 2 rings (SSSR count). The monoisotopic (exact) mass is 295 g/mol. The third kappa shape index (κ3) is 6.28. The Hall–Kier alpha value is -0.0800. The summed E-state index contributed by atoms with van der Waals surface area (Å²) in [5.41, 5.74) is 0. The second kappa shape index (κ2) is 9.15. The number of aliphatic hydroxyl groups is 1. The minimum atomic E-state index is -0.0937. The van der Waals surface area contributed by atoms with Crippen LogP contribution in [0.3, 0.4) is 0 Å². The maximum absolute atomic E-state index is 10.8. The lowest BCUT2D eigenvalue weighted by atomic mass is 9.94. The molecule has 0 bridgehead atoms. The molecule has 2 nitrogen and oxygen atoms in total. The van der Waals surface area contributed by atoms with Crippen LogP contribution < -0.4 is 0 Å². The van der Waals surface area contributed by atoms with Gasteiger partial charge in [0, 0.05) is 18.6 Å². The highest BCUT2D eigenvalue weighted by atomic mass is 16.3. The molecule has 2 saturated carbocycles. The number of hydrogen-bond donors (Lipinski definition) is 1. The van der Waals surface area contributed by atoms with Crippen LogP contribution in [0.2, 0.25) is 0 Å². The molecule has 0 aliphatic heterocycles. The van der Waals surface area contributed by atoms with Gasteiger partial charge in [0.1, 0.15) is 0 Å². The van der Waals surface area contributed by atoms with E-state index in [1.807, 2.05) is 0 Å². The Bertz CT molecular complexity index is 275. The number of rotatable bonds is 4. The van der Waals surface area contributed by atoms with E-state index in [0.717, 1.165) is 12.5 Å². The van der Waals surface area contributed by atoms with Gasteiger partial charge in [0.2, 0.25) is 0 Å². The van der Waals surface area contributed by atoms with Crippen LogP contribution in [-0.2, 0) is 0 Å². The van der Waals surface area contributed by atoms with Gasteiger partial charge >= 0.3 is 0 Å². The lowest BCUT2D eigenvalue weighted by Gasteiger charge is -2.36. The van der Waals surface area contributed by atoms with E-state index in [9.17, 15) is 5.11 Å². The quantitative estimate of drug-likeness (QED) is 0.809. The SMILES string of the molecule is CC(C)CN(C1CC1)C1CCCCCCCCCCC1O. The fourth-order valence-corrected chi connectivity index (χ4v) is 3.92. The summed E-state index contributed by atoms with van der Waals surface area (Å²) in [5.74, 6) is 0.708. The van der Waals surface area contributed by atoms with E-state index in [1.165, 1.54) is 77.2 Å². The van der Waals surface area contributed by atoms with E-state index < -0.39 is 0 Å². The van der Waals surface area contributed by atoms with E-state index in [4.69, 9.17) is 0 Å². The zero-order valence-corrected chi connectivity index (χ0v) is 14.4. The zero-order valence-electron chi connectivity index (χ0n) is 14.4. The first kappa shape index (κ1) is 17.3. The van der Waals surface area contributed by atoms with Crippen LogP contribution >= 0.6 is 0 Å². The van der Waals surface area contributed by atoms with Crippen LogP contribution in [-0.4, -0.2) is 34.7 Å². The maximum atomic E-state index is 10.8. The first-order chi connectivity index (χ1) is 10.2. The molecule has 0 aromatic rings. The van der Waals surface area contributed by atoms with Gasteiger partial charge in [-0.3, -0.25) is 4.90 Å². The summed E-state index contributed by atoms with van der Waals surface area (Å²) in [6, 6.07) is 1.21. The molecule has 0 amide bonds. The Balaban J connectivity index is 1.95. The lowest BCUT2D eigenvalue weighted by molar-refractivity contribution is 0.0246. The first-order valence-corrected chi connectivity index (χ1v) is 9.62. The molecule has 0 heterocycles. The minimum Gasteiger partial charge on any atom is -0.391 e. The van der Waals surface area contributed by atoms with Gasteiger partial charge in [-0.15, -0.1) is 0 Å². The normalized spacial score (nSPS) is 30.1. The smallest absolute Gasteiger partial charge is 0.0695 e. The molecule has 0 aromatic carbocycles. The topological polar surface area (TPSA) is 23.5 Å². The van der Waals surface area contributed by atoms with Gasteiger partial charge < -0.3 is 5.11 Å². The molecule has 1 N–H and O–H groups in total. The third-order valence-corrected chi connectivity index (χ3v) is 5.21. The molecule has 2 aliphatic rings. The summed E-state index contributed by atoms with van der Waals surface area (Å²) >= 11 is 0. The van der Waals surface area contributed by atoms with E-state index in [-0.39, 0.29) is 6.10 Å². The van der Waals surface area contributed by atoms with Crippen LogP contribution in [0.1, 0.15) is 90.9 Å². The number of nitrogens with zero attached hydrogens (tertiary/aromatic N) is 1. The highest BCUT2D eigenvalue weighted by Crippen LogP contribution is 2.33. The summed E-state index contributed by atoms with van der Waals surface area (Å²) in [7, 11) is 0. The third-order valence-electron chi connectivity index (χ3n) is 5.21. The molecule has 2 fully saturated rings. The second-order valence-corrected chi connectivity index (χ2v) is 7.86. The van der Waals surface area contributed by atoms with Crippen molar-refractivity contribution in [3.8, 4) is 0 Å². The van der Waals surface area contributed by atoms with E-state index in [1.54, 1.807) is 0 Å². The molecule has 2 atom stereocenters. The summed E-state index contributed by atoms with van der Waals surface area (Å²) < 4.78 is 0. The second-order valence-electron chi connectivity index (χ2n) is 7.86. The first-order valence-electron chi connectivity index (χ1n) is 9.62. The van der Waals surface area contributed by atoms with Gasteiger partial charge in [-0.05, 0) is 31.6 Å². The van der Waals surface area contributed by atoms with Crippen LogP contribution in [0.4, 0.5) is 0 Å². The fourth-order valence-electron chi connectivity index (χ4n) is 3.92. The fraction of sp³-hybridized carbons (Fsp3) is 1.00. The van der Waals surface area contributed by atoms with Crippen LogP contribution in [0.25, 0.3) is 0 Å². The van der Waals surface area contributed by atoms with Crippen molar-refractivity contribution < 1.29 is 5.11 Å². The van der Waals surface area contributed by atoms with Crippen molar-refractivity contribution in [3.63, 3.8) is 0 Å². The zero-order chi connectivity index (χ0) is 15.1. The Morgan fingerprint density at radius 1 is 0.810 bits per heavy atom. The maximum Gasteiger partial charge on any atom is 0.0695 e. The standard InChI is InChI=1S/C19H37NO/c1-16(2)15-20(17-13-14-17)18-11-9-7-5-3-4-6-8-10-12-19(18)21/h16-19,21H,3-15H2,1-2H3. The van der Waals surface area contributed by atoms with Crippen molar-refractivity contribution in [1.82, 2.24) is 4.90 Å². The molecule has 21 heavy (non-hydrogen) atoms. The van der Waals surface area contributed by atoms with Gasteiger partial charge in [0.15, 0.2) is 0 Å². The molecule has 0 spiro atoms.